The van der Waals surface area contributed by atoms with Crippen LogP contribution < -0.4 is 4.90 Å². The Hall–Kier alpha value is -3.74. The van der Waals surface area contributed by atoms with Gasteiger partial charge in [0, 0.05) is 32.6 Å². The van der Waals surface area contributed by atoms with Crippen LogP contribution in [0.25, 0.3) is 16.7 Å². The number of hydrogen-bond donors (Lipinski definition) is 0. The van der Waals surface area contributed by atoms with Crippen molar-refractivity contribution in [1.82, 2.24) is 24.6 Å². The molecule has 0 radical (unpaired) electrons. The largest absolute Gasteiger partial charge is 0.354 e. The summed E-state index contributed by atoms with van der Waals surface area (Å²) < 4.78 is 1.93. The van der Waals surface area contributed by atoms with Crippen molar-refractivity contribution in [3.63, 3.8) is 0 Å². The third kappa shape index (κ3) is 4.50. The molecule has 3 heterocycles. The molecule has 1 amide bonds. The Balaban J connectivity index is 1.10. The molecule has 9 rings (SSSR count). The number of aromatic nitrogens is 4. The van der Waals surface area contributed by atoms with E-state index in [1.165, 1.54) is 24.8 Å². The third-order valence-corrected chi connectivity index (χ3v) is 10.2. The van der Waals surface area contributed by atoms with Gasteiger partial charge in [0.15, 0.2) is 5.65 Å². The van der Waals surface area contributed by atoms with E-state index in [9.17, 15) is 4.79 Å². The second-order valence-corrected chi connectivity index (χ2v) is 13.1. The Labute approximate surface area is 241 Å². The number of anilines is 1. The van der Waals surface area contributed by atoms with Crippen molar-refractivity contribution in [2.75, 3.05) is 31.1 Å². The highest BCUT2D eigenvalue weighted by atomic mass is 16.2. The minimum atomic E-state index is -0.0776. The molecule has 4 saturated carbocycles. The third-order valence-electron chi connectivity index (χ3n) is 10.2. The van der Waals surface area contributed by atoms with Crippen molar-refractivity contribution in [1.29, 1.82) is 0 Å². The van der Waals surface area contributed by atoms with Gasteiger partial charge in [-0.1, -0.05) is 48.5 Å². The minimum absolute atomic E-state index is 0.0776. The average Bonchev–Trinajstić information content (AvgIpc) is 3.26. The van der Waals surface area contributed by atoms with Crippen LogP contribution in [0.15, 0.2) is 66.9 Å². The molecule has 4 aromatic rings. The Bertz CT molecular complexity index is 1530. The van der Waals surface area contributed by atoms with Gasteiger partial charge in [-0.3, -0.25) is 4.79 Å². The SMILES string of the molecule is O=C(N1CCCN(c2nc(Cc3ccccc3)nc3c2cnn3-c2ccccc2)CC1)C12CC3CC(CC(C3)C1)C2. The van der Waals surface area contributed by atoms with Gasteiger partial charge < -0.3 is 9.80 Å². The van der Waals surface area contributed by atoms with Gasteiger partial charge in [-0.15, -0.1) is 0 Å². The zero-order valence-electron chi connectivity index (χ0n) is 23.7. The standard InChI is InChI=1S/C34H38N6O/c41-33(34-20-25-16-26(21-34)18-27(17-25)22-34)39-13-7-12-38(14-15-39)31-29-23-35-40(28-10-5-2-6-11-28)32(29)37-30(36-31)19-24-8-3-1-4-9-24/h1-6,8-11,23,25-27H,7,12-22H2. The molecule has 2 aromatic heterocycles. The molecule has 4 bridgehead atoms. The predicted molar refractivity (Wildman–Crippen MR) is 160 cm³/mol. The molecule has 5 fully saturated rings. The first-order chi connectivity index (χ1) is 20.1. The maximum Gasteiger partial charge on any atom is 0.228 e. The molecule has 2 aromatic carbocycles. The van der Waals surface area contributed by atoms with Crippen molar-refractivity contribution in [2.24, 2.45) is 23.2 Å². The number of carbonyl (C=O) groups excluding carboxylic acids is 1. The second-order valence-electron chi connectivity index (χ2n) is 13.1. The summed E-state index contributed by atoms with van der Waals surface area (Å²) in [6.45, 7) is 3.25. The van der Waals surface area contributed by atoms with Crippen LogP contribution in [0, 0.1) is 23.2 Å². The quantitative estimate of drug-likeness (QED) is 0.323. The Morgan fingerprint density at radius 2 is 1.49 bits per heavy atom. The molecular weight excluding hydrogens is 508 g/mol. The summed E-state index contributed by atoms with van der Waals surface area (Å²) in [4.78, 5) is 28.9. The summed E-state index contributed by atoms with van der Waals surface area (Å²) >= 11 is 0. The van der Waals surface area contributed by atoms with E-state index in [1.807, 2.05) is 35.1 Å². The van der Waals surface area contributed by atoms with Crippen molar-refractivity contribution in [2.45, 2.75) is 51.4 Å². The monoisotopic (exact) mass is 546 g/mol. The summed E-state index contributed by atoms with van der Waals surface area (Å²) in [5.74, 6) is 4.54. The highest BCUT2D eigenvalue weighted by Crippen LogP contribution is 2.60. The van der Waals surface area contributed by atoms with Crippen LogP contribution in [-0.2, 0) is 11.2 Å². The van der Waals surface area contributed by atoms with E-state index in [4.69, 9.17) is 15.1 Å². The predicted octanol–water partition coefficient (Wildman–Crippen LogP) is 5.66. The molecule has 0 unspecified atom stereocenters. The lowest BCUT2D eigenvalue weighted by Crippen LogP contribution is -2.55. The second kappa shape index (κ2) is 9.97. The summed E-state index contributed by atoms with van der Waals surface area (Å²) in [6, 6.07) is 20.6. The topological polar surface area (TPSA) is 67.2 Å². The van der Waals surface area contributed by atoms with Gasteiger partial charge in [-0.2, -0.15) is 5.10 Å². The fraction of sp³-hybridized carbons (Fsp3) is 0.471. The van der Waals surface area contributed by atoms with E-state index < -0.39 is 0 Å². The molecule has 5 aliphatic rings. The number of benzene rings is 2. The zero-order chi connectivity index (χ0) is 27.4. The maximum absolute atomic E-state index is 14.1. The van der Waals surface area contributed by atoms with Crippen LogP contribution in [-0.4, -0.2) is 56.7 Å². The Kier molecular flexibility index (Phi) is 6.08. The first kappa shape index (κ1) is 25.0. The Morgan fingerprint density at radius 1 is 0.805 bits per heavy atom. The van der Waals surface area contributed by atoms with Crippen molar-refractivity contribution < 1.29 is 4.79 Å². The van der Waals surface area contributed by atoms with Crippen LogP contribution in [0.2, 0.25) is 0 Å². The number of fused-ring (bicyclic) bond motifs is 1. The first-order valence-corrected chi connectivity index (χ1v) is 15.5. The average molecular weight is 547 g/mol. The van der Waals surface area contributed by atoms with Crippen LogP contribution in [0.5, 0.6) is 0 Å². The lowest BCUT2D eigenvalue weighted by atomic mass is 9.49. The number of para-hydroxylation sites is 1. The van der Waals surface area contributed by atoms with Gasteiger partial charge in [0.2, 0.25) is 5.91 Å². The van der Waals surface area contributed by atoms with E-state index >= 15 is 0 Å². The van der Waals surface area contributed by atoms with E-state index in [0.717, 1.165) is 98.0 Å². The molecule has 0 spiro atoms. The fourth-order valence-corrected chi connectivity index (χ4v) is 8.83. The highest BCUT2D eigenvalue weighted by molar-refractivity contribution is 5.88. The normalized spacial score (nSPS) is 27.4. The maximum atomic E-state index is 14.1. The number of hydrogen-bond acceptors (Lipinski definition) is 5. The first-order valence-electron chi connectivity index (χ1n) is 15.5. The van der Waals surface area contributed by atoms with Gasteiger partial charge in [0.25, 0.3) is 0 Å². The summed E-state index contributed by atoms with van der Waals surface area (Å²) in [5.41, 5.74) is 2.93. The number of carbonyl (C=O) groups is 1. The van der Waals surface area contributed by atoms with Crippen molar-refractivity contribution in [3.05, 3.63) is 78.2 Å². The molecule has 7 heteroatoms. The molecule has 0 atom stereocenters. The van der Waals surface area contributed by atoms with E-state index in [0.29, 0.717) is 12.3 Å². The molecule has 4 aliphatic carbocycles. The smallest absolute Gasteiger partial charge is 0.228 e. The van der Waals surface area contributed by atoms with E-state index in [1.54, 1.807) is 0 Å². The fourth-order valence-electron chi connectivity index (χ4n) is 8.83. The molecule has 41 heavy (non-hydrogen) atoms. The molecular formula is C34H38N6O. The van der Waals surface area contributed by atoms with Gasteiger partial charge in [-0.25, -0.2) is 14.6 Å². The van der Waals surface area contributed by atoms with Crippen molar-refractivity contribution >= 4 is 22.8 Å². The number of amides is 1. The highest BCUT2D eigenvalue weighted by Gasteiger charge is 2.55. The number of nitrogens with zero attached hydrogens (tertiary/aromatic N) is 6. The molecule has 0 N–H and O–H groups in total. The van der Waals surface area contributed by atoms with E-state index in [2.05, 4.69) is 46.2 Å². The van der Waals surface area contributed by atoms with Gasteiger partial charge >= 0.3 is 0 Å². The minimum Gasteiger partial charge on any atom is -0.354 e. The summed E-state index contributed by atoms with van der Waals surface area (Å²) in [5, 5.41) is 5.73. The summed E-state index contributed by atoms with van der Waals surface area (Å²) in [7, 11) is 0. The van der Waals surface area contributed by atoms with Crippen LogP contribution in [0.3, 0.4) is 0 Å². The number of rotatable bonds is 5. The van der Waals surface area contributed by atoms with E-state index in [-0.39, 0.29) is 5.41 Å². The molecule has 1 aliphatic heterocycles. The van der Waals surface area contributed by atoms with Crippen LogP contribution in [0.4, 0.5) is 5.82 Å². The lowest BCUT2D eigenvalue weighted by Gasteiger charge is -2.56. The molecule has 1 saturated heterocycles. The molecule has 7 nitrogen and oxygen atoms in total. The lowest BCUT2D eigenvalue weighted by molar-refractivity contribution is -0.157. The Morgan fingerprint density at radius 3 is 2.20 bits per heavy atom. The molecule has 210 valence electrons. The van der Waals surface area contributed by atoms with Gasteiger partial charge in [0.1, 0.15) is 11.6 Å². The summed E-state index contributed by atoms with van der Waals surface area (Å²) in [6.07, 6.45) is 11.0. The van der Waals surface area contributed by atoms with Crippen molar-refractivity contribution in [3.8, 4) is 5.69 Å². The van der Waals surface area contributed by atoms with Gasteiger partial charge in [0.05, 0.1) is 22.7 Å². The van der Waals surface area contributed by atoms with Crippen LogP contribution >= 0.6 is 0 Å². The zero-order valence-corrected chi connectivity index (χ0v) is 23.7. The van der Waals surface area contributed by atoms with Gasteiger partial charge in [-0.05, 0) is 80.4 Å². The van der Waals surface area contributed by atoms with Crippen LogP contribution in [0.1, 0.15) is 56.3 Å².